The number of hydrogen-bond donors (Lipinski definition) is 1. The maximum Gasteiger partial charge on any atom is 0.227 e. The van der Waals surface area contributed by atoms with E-state index in [4.69, 9.17) is 5.26 Å². The van der Waals surface area contributed by atoms with E-state index in [-0.39, 0.29) is 42.3 Å². The largest absolute Gasteiger partial charge is 0.352 e. The van der Waals surface area contributed by atoms with Crippen LogP contribution in [0.2, 0.25) is 0 Å². The van der Waals surface area contributed by atoms with E-state index in [1.54, 1.807) is 24.3 Å². The number of benzene rings is 1. The summed E-state index contributed by atoms with van der Waals surface area (Å²) in [5.74, 6) is -0.852. The van der Waals surface area contributed by atoms with Crippen LogP contribution in [0.25, 0.3) is 0 Å². The second-order valence-corrected chi connectivity index (χ2v) is 8.40. The Bertz CT molecular complexity index is 811. The van der Waals surface area contributed by atoms with Crippen molar-refractivity contribution in [2.45, 2.75) is 18.9 Å². The Morgan fingerprint density at radius 2 is 2.00 bits per heavy atom. The minimum atomic E-state index is -3.05. The van der Waals surface area contributed by atoms with Crippen LogP contribution in [0.3, 0.4) is 0 Å². The van der Waals surface area contributed by atoms with Crippen LogP contribution in [-0.4, -0.2) is 44.3 Å². The van der Waals surface area contributed by atoms with Gasteiger partial charge in [-0.15, -0.1) is 0 Å². The number of anilines is 1. The van der Waals surface area contributed by atoms with Crippen LogP contribution in [0.5, 0.6) is 0 Å². The predicted octanol–water partition coefficient (Wildman–Crippen LogP) is 0.214. The van der Waals surface area contributed by atoms with Crippen molar-refractivity contribution in [1.82, 2.24) is 5.32 Å². The van der Waals surface area contributed by atoms with Gasteiger partial charge in [0.25, 0.3) is 0 Å². The maximum absolute atomic E-state index is 12.3. The molecule has 0 aromatic heterocycles. The van der Waals surface area contributed by atoms with Crippen LogP contribution in [-0.2, 0) is 19.4 Å². The van der Waals surface area contributed by atoms with Gasteiger partial charge in [-0.25, -0.2) is 8.42 Å². The van der Waals surface area contributed by atoms with E-state index >= 15 is 0 Å². The van der Waals surface area contributed by atoms with Crippen LogP contribution in [0.4, 0.5) is 5.69 Å². The van der Waals surface area contributed by atoms with Crippen molar-refractivity contribution in [2.75, 3.05) is 23.0 Å². The fourth-order valence-electron chi connectivity index (χ4n) is 3.08. The quantitative estimate of drug-likeness (QED) is 0.841. The molecule has 1 aromatic rings. The third kappa shape index (κ3) is 3.41. The topological polar surface area (TPSA) is 107 Å². The first-order chi connectivity index (χ1) is 11.4. The molecule has 2 unspecified atom stereocenters. The summed E-state index contributed by atoms with van der Waals surface area (Å²) < 4.78 is 22.9. The Balaban J connectivity index is 1.63. The van der Waals surface area contributed by atoms with Gasteiger partial charge in [0.1, 0.15) is 0 Å². The molecule has 1 aromatic carbocycles. The van der Waals surface area contributed by atoms with Gasteiger partial charge in [0.15, 0.2) is 9.84 Å². The Kier molecular flexibility index (Phi) is 4.28. The first-order valence-electron chi connectivity index (χ1n) is 7.69. The molecule has 1 N–H and O–H groups in total. The second-order valence-electron chi connectivity index (χ2n) is 6.17. The molecule has 24 heavy (non-hydrogen) atoms. The van der Waals surface area contributed by atoms with Crippen molar-refractivity contribution in [3.05, 3.63) is 29.8 Å². The van der Waals surface area contributed by atoms with Gasteiger partial charge in [0.05, 0.1) is 29.1 Å². The van der Waals surface area contributed by atoms with Crippen LogP contribution in [0.1, 0.15) is 18.4 Å². The molecule has 2 atom stereocenters. The molecule has 7 nitrogen and oxygen atoms in total. The van der Waals surface area contributed by atoms with Gasteiger partial charge in [-0.3, -0.25) is 9.59 Å². The van der Waals surface area contributed by atoms with Gasteiger partial charge in [-0.1, -0.05) is 0 Å². The number of amides is 2. The summed E-state index contributed by atoms with van der Waals surface area (Å²) in [7, 11) is -3.05. The number of rotatable bonds is 3. The van der Waals surface area contributed by atoms with Gasteiger partial charge >= 0.3 is 0 Å². The van der Waals surface area contributed by atoms with Gasteiger partial charge in [0.2, 0.25) is 11.8 Å². The second kappa shape index (κ2) is 6.24. The number of carbonyl (C=O) groups excluding carboxylic acids is 2. The van der Waals surface area contributed by atoms with E-state index in [0.29, 0.717) is 17.7 Å². The fourth-order valence-corrected chi connectivity index (χ4v) is 4.75. The Morgan fingerprint density at radius 3 is 2.58 bits per heavy atom. The molecular formula is C16H17N3O4S. The molecule has 2 aliphatic rings. The molecule has 126 valence electrons. The molecule has 0 bridgehead atoms. The van der Waals surface area contributed by atoms with E-state index in [1.165, 1.54) is 4.90 Å². The molecule has 2 saturated heterocycles. The van der Waals surface area contributed by atoms with Crippen LogP contribution < -0.4 is 10.2 Å². The summed E-state index contributed by atoms with van der Waals surface area (Å²) in [5, 5.41) is 11.6. The number of carbonyl (C=O) groups is 2. The highest BCUT2D eigenvalue weighted by Gasteiger charge is 2.37. The maximum atomic E-state index is 12.3. The number of nitriles is 1. The summed E-state index contributed by atoms with van der Waals surface area (Å²) in [4.78, 5) is 26.0. The third-order valence-corrected chi connectivity index (χ3v) is 6.15. The standard InChI is InChI=1S/C16H17N3O4S/c17-8-11-1-3-14(4-2-11)19-9-12(7-15(19)20)16(21)18-13-5-6-24(22,23)10-13/h1-4,12-13H,5-7,9-10H2,(H,18,21). The zero-order valence-electron chi connectivity index (χ0n) is 12.9. The van der Waals surface area contributed by atoms with Gasteiger partial charge in [-0.05, 0) is 30.7 Å². The Morgan fingerprint density at radius 1 is 1.29 bits per heavy atom. The van der Waals surface area contributed by atoms with Crippen LogP contribution in [0.15, 0.2) is 24.3 Å². The average molecular weight is 347 g/mol. The molecule has 2 amide bonds. The van der Waals surface area contributed by atoms with E-state index in [0.717, 1.165) is 0 Å². The lowest BCUT2D eigenvalue weighted by Crippen LogP contribution is -2.40. The monoisotopic (exact) mass is 347 g/mol. The zero-order valence-corrected chi connectivity index (χ0v) is 13.8. The normalized spacial score (nSPS) is 25.5. The first kappa shape index (κ1) is 16.5. The SMILES string of the molecule is N#Cc1ccc(N2CC(C(=O)NC3CCS(=O)(=O)C3)CC2=O)cc1. The number of nitrogens with zero attached hydrogens (tertiary/aromatic N) is 2. The lowest BCUT2D eigenvalue weighted by atomic mass is 10.1. The summed E-state index contributed by atoms with van der Waals surface area (Å²) in [6.45, 7) is 0.260. The third-order valence-electron chi connectivity index (χ3n) is 4.38. The average Bonchev–Trinajstić information content (AvgIpc) is 3.10. The minimum Gasteiger partial charge on any atom is -0.352 e. The molecule has 0 aliphatic carbocycles. The van der Waals surface area contributed by atoms with Crippen molar-refractivity contribution >= 4 is 27.3 Å². The Hall–Kier alpha value is -2.40. The van der Waals surface area contributed by atoms with Crippen molar-refractivity contribution in [3.63, 3.8) is 0 Å². The van der Waals surface area contributed by atoms with E-state index in [2.05, 4.69) is 5.32 Å². The summed E-state index contributed by atoms with van der Waals surface area (Å²) >= 11 is 0. The van der Waals surface area contributed by atoms with E-state index in [9.17, 15) is 18.0 Å². The molecule has 2 aliphatic heterocycles. The molecule has 0 radical (unpaired) electrons. The van der Waals surface area contributed by atoms with Crippen molar-refractivity contribution in [1.29, 1.82) is 5.26 Å². The number of sulfone groups is 1. The summed E-state index contributed by atoms with van der Waals surface area (Å²) in [6.07, 6.45) is 0.527. The highest BCUT2D eigenvalue weighted by atomic mass is 32.2. The fraction of sp³-hybridized carbons (Fsp3) is 0.438. The zero-order chi connectivity index (χ0) is 17.3. The highest BCUT2D eigenvalue weighted by molar-refractivity contribution is 7.91. The molecule has 2 heterocycles. The van der Waals surface area contributed by atoms with Gasteiger partial charge in [0, 0.05) is 24.7 Å². The molecule has 8 heteroatoms. The molecular weight excluding hydrogens is 330 g/mol. The number of nitrogens with one attached hydrogen (secondary N) is 1. The molecule has 0 spiro atoms. The Labute approximate surface area is 140 Å². The van der Waals surface area contributed by atoms with Gasteiger partial charge < -0.3 is 10.2 Å². The predicted molar refractivity (Wildman–Crippen MR) is 86.8 cm³/mol. The van der Waals surface area contributed by atoms with E-state index < -0.39 is 15.8 Å². The lowest BCUT2D eigenvalue weighted by Gasteiger charge is -2.17. The van der Waals surface area contributed by atoms with Crippen LogP contribution in [0, 0.1) is 17.2 Å². The highest BCUT2D eigenvalue weighted by Crippen LogP contribution is 2.26. The summed E-state index contributed by atoms with van der Waals surface area (Å²) in [6, 6.07) is 8.26. The first-order valence-corrected chi connectivity index (χ1v) is 9.51. The van der Waals surface area contributed by atoms with Crippen LogP contribution >= 0.6 is 0 Å². The van der Waals surface area contributed by atoms with Crippen molar-refractivity contribution in [2.24, 2.45) is 5.92 Å². The summed E-state index contributed by atoms with van der Waals surface area (Å²) in [5.41, 5.74) is 1.15. The molecule has 3 rings (SSSR count). The number of hydrogen-bond acceptors (Lipinski definition) is 5. The lowest BCUT2D eigenvalue weighted by molar-refractivity contribution is -0.126. The smallest absolute Gasteiger partial charge is 0.227 e. The van der Waals surface area contributed by atoms with Crippen molar-refractivity contribution in [3.8, 4) is 6.07 Å². The minimum absolute atomic E-state index is 0.0290. The van der Waals surface area contributed by atoms with Crippen molar-refractivity contribution < 1.29 is 18.0 Å². The molecule has 2 fully saturated rings. The van der Waals surface area contributed by atoms with E-state index in [1.807, 2.05) is 6.07 Å². The molecule has 0 saturated carbocycles. The van der Waals surface area contributed by atoms with Gasteiger partial charge in [-0.2, -0.15) is 5.26 Å².